The Morgan fingerprint density at radius 1 is 1.31 bits per heavy atom. The second-order valence-electron chi connectivity index (χ2n) is 2.44. The van der Waals surface area contributed by atoms with Crippen LogP contribution in [0, 0.1) is 19.9 Å². The molecule has 72 valence electrons. The zero-order valence-corrected chi connectivity index (χ0v) is 7.36. The number of halogens is 3. The van der Waals surface area contributed by atoms with Gasteiger partial charge in [-0.15, -0.1) is 0 Å². The molecule has 0 bridgehead atoms. The molecule has 0 heterocycles. The van der Waals surface area contributed by atoms with Gasteiger partial charge in [0, 0.05) is 6.42 Å². The molecule has 2 radical (unpaired) electrons. The Kier molecular flexibility index (Phi) is 5.19. The van der Waals surface area contributed by atoms with Gasteiger partial charge in [0.15, 0.2) is 0 Å². The number of hydrogen-bond acceptors (Lipinski definition) is 0. The van der Waals surface area contributed by atoms with Crippen molar-refractivity contribution in [3.63, 3.8) is 0 Å². The smallest absolute Gasteiger partial charge is 0.171 e. The molecule has 0 unspecified atom stereocenters. The van der Waals surface area contributed by atoms with E-state index in [-0.39, 0.29) is 0 Å². The maximum Gasteiger partial charge on any atom is 0.389 e. The van der Waals surface area contributed by atoms with Gasteiger partial charge < -0.3 is 0 Å². The Morgan fingerprint density at radius 3 is 1.85 bits per heavy atom. The van der Waals surface area contributed by atoms with E-state index in [1.807, 2.05) is 24.3 Å². The van der Waals surface area contributed by atoms with Gasteiger partial charge in [-0.05, 0) is 19.9 Å². The first-order valence-electron chi connectivity index (χ1n) is 3.74. The second kappa shape index (κ2) is 5.62. The molecule has 1 aromatic rings. The molecule has 0 atom stereocenters. The number of rotatable bonds is 0. The zero-order chi connectivity index (χ0) is 10.3. The van der Waals surface area contributed by atoms with Crippen molar-refractivity contribution in [3.8, 4) is 0 Å². The summed E-state index contributed by atoms with van der Waals surface area (Å²) in [5.41, 5.74) is 1.29. The Balaban J connectivity index is 0.000000226. The summed E-state index contributed by atoms with van der Waals surface area (Å²) < 4.78 is 32.2. The van der Waals surface area contributed by atoms with Crippen LogP contribution in [0.1, 0.15) is 12.0 Å². The molecule has 3 heteroatoms. The molecular weight excluding hydrogens is 177 g/mol. The molecule has 1 rings (SSSR count). The summed E-state index contributed by atoms with van der Waals surface area (Å²) in [5, 5.41) is 0. The van der Waals surface area contributed by atoms with Crippen LogP contribution in [0.15, 0.2) is 24.3 Å². The van der Waals surface area contributed by atoms with Crippen LogP contribution in [0.2, 0.25) is 0 Å². The Morgan fingerprint density at radius 2 is 1.69 bits per heavy atom. The van der Waals surface area contributed by atoms with Crippen LogP contribution in [0.25, 0.3) is 0 Å². The fraction of sp³-hybridized carbons (Fsp3) is 0.300. The van der Waals surface area contributed by atoms with Crippen molar-refractivity contribution in [2.45, 2.75) is 19.5 Å². The van der Waals surface area contributed by atoms with Gasteiger partial charge >= 0.3 is 6.18 Å². The first-order chi connectivity index (χ1) is 5.95. The van der Waals surface area contributed by atoms with Crippen LogP contribution < -0.4 is 0 Å². The Labute approximate surface area is 76.4 Å². The minimum absolute atomic E-state index is 0.979. The van der Waals surface area contributed by atoms with Crippen molar-refractivity contribution in [1.82, 2.24) is 0 Å². The Hall–Kier alpha value is -0.990. The maximum absolute atomic E-state index is 10.7. The van der Waals surface area contributed by atoms with Gasteiger partial charge in [0.25, 0.3) is 0 Å². The average molecular weight is 188 g/mol. The second-order valence-corrected chi connectivity index (χ2v) is 2.44. The highest BCUT2D eigenvalue weighted by atomic mass is 19.4. The van der Waals surface area contributed by atoms with E-state index in [2.05, 4.69) is 19.9 Å². The van der Waals surface area contributed by atoms with Crippen LogP contribution in [-0.2, 0) is 0 Å². The van der Waals surface area contributed by atoms with Crippen LogP contribution in [0.3, 0.4) is 0 Å². The third-order valence-corrected chi connectivity index (χ3v) is 1.17. The van der Waals surface area contributed by atoms with Gasteiger partial charge in [0.1, 0.15) is 0 Å². The summed E-state index contributed by atoms with van der Waals surface area (Å²) in [4.78, 5) is 0. The molecular formula is C10H11F3. The van der Waals surface area contributed by atoms with Crippen molar-refractivity contribution in [2.24, 2.45) is 0 Å². The average Bonchev–Trinajstić information content (AvgIpc) is 2.06. The predicted octanol–water partition coefficient (Wildman–Crippen LogP) is 3.57. The molecule has 1 aromatic carbocycles. The van der Waals surface area contributed by atoms with Crippen molar-refractivity contribution in [1.29, 1.82) is 0 Å². The molecule has 0 amide bonds. The van der Waals surface area contributed by atoms with Gasteiger partial charge in [0.05, 0.1) is 0 Å². The standard InChI is InChI=1S/C7H7.C3H4F3/c1-7-5-3-2-4-6-7;1-2-3(4,5)6/h3-6H,1H3;1-2H2. The summed E-state index contributed by atoms with van der Waals surface area (Å²) in [7, 11) is 0. The number of aryl methyl sites for hydroxylation is 1. The van der Waals surface area contributed by atoms with Crippen molar-refractivity contribution >= 4 is 0 Å². The lowest BCUT2D eigenvalue weighted by Crippen LogP contribution is -2.02. The largest absolute Gasteiger partial charge is 0.389 e. The third-order valence-electron chi connectivity index (χ3n) is 1.17. The van der Waals surface area contributed by atoms with Crippen molar-refractivity contribution < 1.29 is 13.2 Å². The lowest BCUT2D eigenvalue weighted by molar-refractivity contribution is -0.125. The summed E-state index contributed by atoms with van der Waals surface area (Å²) in [5.74, 6) is 0. The quantitative estimate of drug-likeness (QED) is 0.583. The molecule has 0 spiro atoms. The molecule has 0 fully saturated rings. The molecule has 0 saturated heterocycles. The van der Waals surface area contributed by atoms with E-state index in [0.717, 1.165) is 0 Å². The van der Waals surface area contributed by atoms with Crippen LogP contribution >= 0.6 is 0 Å². The molecule has 0 aliphatic heterocycles. The highest BCUT2D eigenvalue weighted by molar-refractivity contribution is 5.10. The molecule has 0 aliphatic rings. The van der Waals surface area contributed by atoms with E-state index in [9.17, 15) is 13.2 Å². The maximum atomic E-state index is 10.7. The fourth-order valence-corrected chi connectivity index (χ4v) is 0.470. The topological polar surface area (TPSA) is 0 Å². The number of alkyl halides is 3. The molecule has 13 heavy (non-hydrogen) atoms. The highest BCUT2D eigenvalue weighted by Crippen LogP contribution is 2.17. The van der Waals surface area contributed by atoms with E-state index in [4.69, 9.17) is 0 Å². The summed E-state index contributed by atoms with van der Waals surface area (Å²) in [6.07, 6.45) is -5.05. The van der Waals surface area contributed by atoms with Gasteiger partial charge in [-0.3, -0.25) is 0 Å². The van der Waals surface area contributed by atoms with Crippen LogP contribution in [-0.4, -0.2) is 6.18 Å². The SMILES string of the molecule is Cc1cc[c]cc1.[CH2]CC(F)(F)F. The van der Waals surface area contributed by atoms with Gasteiger partial charge in [-0.25, -0.2) is 0 Å². The first kappa shape index (κ1) is 12.0. The zero-order valence-electron chi connectivity index (χ0n) is 7.36. The lowest BCUT2D eigenvalue weighted by Gasteiger charge is -1.96. The monoisotopic (exact) mass is 188 g/mol. The van der Waals surface area contributed by atoms with Gasteiger partial charge in [-0.2, -0.15) is 13.2 Å². The third kappa shape index (κ3) is 8.92. The molecule has 0 saturated carbocycles. The predicted molar refractivity (Wildman–Crippen MR) is 46.0 cm³/mol. The van der Waals surface area contributed by atoms with Gasteiger partial charge in [0.2, 0.25) is 0 Å². The van der Waals surface area contributed by atoms with E-state index >= 15 is 0 Å². The number of hydrogen-bond donors (Lipinski definition) is 0. The minimum atomic E-state index is -4.07. The summed E-state index contributed by atoms with van der Waals surface area (Å²) >= 11 is 0. The molecule has 0 N–H and O–H groups in total. The molecule has 0 aromatic heterocycles. The fourth-order valence-electron chi connectivity index (χ4n) is 0.470. The van der Waals surface area contributed by atoms with Gasteiger partial charge in [-0.1, -0.05) is 29.8 Å². The summed E-state index contributed by atoms with van der Waals surface area (Å²) in [6.45, 7) is 4.70. The van der Waals surface area contributed by atoms with Crippen LogP contribution in [0.4, 0.5) is 13.2 Å². The number of benzene rings is 1. The van der Waals surface area contributed by atoms with E-state index in [1.54, 1.807) is 0 Å². The van der Waals surface area contributed by atoms with Crippen molar-refractivity contribution in [3.05, 3.63) is 42.8 Å². The van der Waals surface area contributed by atoms with E-state index < -0.39 is 12.6 Å². The highest BCUT2D eigenvalue weighted by Gasteiger charge is 2.22. The molecule has 0 nitrogen and oxygen atoms in total. The first-order valence-corrected chi connectivity index (χ1v) is 3.74. The van der Waals surface area contributed by atoms with E-state index in [1.165, 1.54) is 5.56 Å². The lowest BCUT2D eigenvalue weighted by atomic mass is 10.2. The van der Waals surface area contributed by atoms with Crippen LogP contribution in [0.5, 0.6) is 0 Å². The summed E-state index contributed by atoms with van der Waals surface area (Å²) in [6, 6.07) is 10.8. The molecule has 0 aliphatic carbocycles. The van der Waals surface area contributed by atoms with E-state index in [0.29, 0.717) is 0 Å². The Bertz CT molecular complexity index is 213. The minimum Gasteiger partial charge on any atom is -0.171 e. The van der Waals surface area contributed by atoms with Crippen molar-refractivity contribution in [2.75, 3.05) is 0 Å². The normalized spacial score (nSPS) is 10.2.